The average molecular weight is 363 g/mol. The van der Waals surface area contributed by atoms with Gasteiger partial charge in [-0.3, -0.25) is 9.69 Å². The Bertz CT molecular complexity index is 984. The van der Waals surface area contributed by atoms with Gasteiger partial charge in [0.25, 0.3) is 0 Å². The predicted molar refractivity (Wildman–Crippen MR) is 104 cm³/mol. The van der Waals surface area contributed by atoms with E-state index in [1.165, 1.54) is 16.5 Å². The number of imidazole rings is 1. The maximum Gasteiger partial charge on any atom is 0.226 e. The third-order valence-corrected chi connectivity index (χ3v) is 5.75. The summed E-state index contributed by atoms with van der Waals surface area (Å²) in [4.78, 5) is 22.6. The summed E-state index contributed by atoms with van der Waals surface area (Å²) in [5, 5.41) is 4.34. The minimum atomic E-state index is 0.0941. The number of hydrogen-bond donors (Lipinski definition) is 2. The predicted octanol–water partition coefficient (Wildman–Crippen LogP) is 2.76. The number of benzene rings is 1. The lowest BCUT2D eigenvalue weighted by atomic mass is 10.1. The van der Waals surface area contributed by atoms with Crippen LogP contribution < -0.4 is 5.32 Å². The van der Waals surface area contributed by atoms with Gasteiger partial charge in [0.15, 0.2) is 0 Å². The van der Waals surface area contributed by atoms with Crippen LogP contribution in [0.3, 0.4) is 0 Å². The monoisotopic (exact) mass is 363 g/mol. The number of aromatic amines is 1. The number of carbonyl (C=O) groups is 1. The molecule has 1 saturated carbocycles. The molecule has 0 spiro atoms. The third kappa shape index (κ3) is 3.25. The SMILES string of the molecule is C[C@@H]1c2nc(CC(=O)NC3CC3)cn2CCN1Cc1cccc2[nH]ccc12. The molecule has 3 heterocycles. The molecule has 5 rings (SSSR count). The van der Waals surface area contributed by atoms with Gasteiger partial charge in [-0.2, -0.15) is 0 Å². The summed E-state index contributed by atoms with van der Waals surface area (Å²) in [7, 11) is 0. The van der Waals surface area contributed by atoms with Crippen molar-refractivity contribution in [3.05, 3.63) is 53.7 Å². The third-order valence-electron chi connectivity index (χ3n) is 5.75. The highest BCUT2D eigenvalue weighted by Gasteiger charge is 2.28. The summed E-state index contributed by atoms with van der Waals surface area (Å²) < 4.78 is 2.22. The van der Waals surface area contributed by atoms with Crippen LogP contribution in [-0.2, 0) is 24.3 Å². The Morgan fingerprint density at radius 2 is 2.19 bits per heavy atom. The molecule has 2 aliphatic rings. The summed E-state index contributed by atoms with van der Waals surface area (Å²) >= 11 is 0. The van der Waals surface area contributed by atoms with Crippen molar-refractivity contribution < 1.29 is 4.79 Å². The Kier molecular flexibility index (Phi) is 4.01. The number of aromatic nitrogens is 3. The summed E-state index contributed by atoms with van der Waals surface area (Å²) in [6.07, 6.45) is 6.67. The Morgan fingerprint density at radius 1 is 1.30 bits per heavy atom. The summed E-state index contributed by atoms with van der Waals surface area (Å²) in [5.41, 5.74) is 3.40. The first-order valence-corrected chi connectivity index (χ1v) is 9.82. The Hall–Kier alpha value is -2.60. The van der Waals surface area contributed by atoms with Crippen LogP contribution >= 0.6 is 0 Å². The molecule has 0 bridgehead atoms. The highest BCUT2D eigenvalue weighted by molar-refractivity contribution is 5.82. The lowest BCUT2D eigenvalue weighted by molar-refractivity contribution is -0.120. The normalized spacial score (nSPS) is 20.0. The number of fused-ring (bicyclic) bond motifs is 2. The van der Waals surface area contributed by atoms with Crippen molar-refractivity contribution in [2.24, 2.45) is 0 Å². The van der Waals surface area contributed by atoms with Crippen LogP contribution in [0.25, 0.3) is 10.9 Å². The number of amides is 1. The lowest BCUT2D eigenvalue weighted by Crippen LogP contribution is -2.36. The number of H-pyrrole nitrogens is 1. The fourth-order valence-electron chi connectivity index (χ4n) is 4.07. The van der Waals surface area contributed by atoms with E-state index in [0.717, 1.165) is 44.0 Å². The van der Waals surface area contributed by atoms with Gasteiger partial charge in [0.05, 0.1) is 18.2 Å². The zero-order chi connectivity index (χ0) is 18.4. The van der Waals surface area contributed by atoms with E-state index in [-0.39, 0.29) is 11.9 Å². The lowest BCUT2D eigenvalue weighted by Gasteiger charge is -2.33. The van der Waals surface area contributed by atoms with Gasteiger partial charge in [0.2, 0.25) is 5.91 Å². The van der Waals surface area contributed by atoms with Crippen molar-refractivity contribution in [2.45, 2.75) is 51.4 Å². The summed E-state index contributed by atoms with van der Waals surface area (Å²) in [6, 6.07) is 9.22. The van der Waals surface area contributed by atoms with E-state index >= 15 is 0 Å². The van der Waals surface area contributed by atoms with Gasteiger partial charge in [0.1, 0.15) is 5.82 Å². The van der Waals surface area contributed by atoms with Gasteiger partial charge in [-0.25, -0.2) is 4.98 Å². The van der Waals surface area contributed by atoms with Crippen LogP contribution in [0, 0.1) is 0 Å². The molecule has 1 amide bonds. The molecule has 6 heteroatoms. The van der Waals surface area contributed by atoms with Crippen LogP contribution in [0.4, 0.5) is 0 Å². The van der Waals surface area contributed by atoms with E-state index in [1.54, 1.807) is 0 Å². The Balaban J connectivity index is 1.32. The van der Waals surface area contributed by atoms with E-state index in [0.29, 0.717) is 12.5 Å². The maximum atomic E-state index is 12.1. The standard InChI is InChI=1S/C21H25N5O/c1-14-21-24-17(11-20(27)23-16-5-6-16)13-26(21)10-9-25(14)12-15-3-2-4-19-18(15)7-8-22-19/h2-4,7-8,13-14,16,22H,5-6,9-12H2,1H3,(H,23,27)/t14-/m1/s1. The smallest absolute Gasteiger partial charge is 0.226 e. The molecule has 1 fully saturated rings. The molecule has 6 nitrogen and oxygen atoms in total. The molecule has 1 atom stereocenters. The van der Waals surface area contributed by atoms with Crippen molar-refractivity contribution in [3.8, 4) is 0 Å². The molecule has 0 saturated heterocycles. The fourth-order valence-corrected chi connectivity index (χ4v) is 4.07. The number of nitrogens with zero attached hydrogens (tertiary/aromatic N) is 3. The zero-order valence-corrected chi connectivity index (χ0v) is 15.6. The summed E-state index contributed by atoms with van der Waals surface area (Å²) in [5.74, 6) is 1.16. The topological polar surface area (TPSA) is 66.0 Å². The quantitative estimate of drug-likeness (QED) is 0.733. The number of hydrogen-bond acceptors (Lipinski definition) is 3. The van der Waals surface area contributed by atoms with Crippen LogP contribution in [0.5, 0.6) is 0 Å². The first-order valence-electron chi connectivity index (χ1n) is 9.82. The molecular weight excluding hydrogens is 338 g/mol. The van der Waals surface area contributed by atoms with Gasteiger partial charge < -0.3 is 14.9 Å². The average Bonchev–Trinajstić information content (AvgIpc) is 3.17. The van der Waals surface area contributed by atoms with E-state index < -0.39 is 0 Å². The molecule has 0 unspecified atom stereocenters. The Labute approximate surface area is 158 Å². The van der Waals surface area contributed by atoms with Crippen molar-refractivity contribution in [1.29, 1.82) is 0 Å². The molecule has 1 aliphatic carbocycles. The van der Waals surface area contributed by atoms with Gasteiger partial charge in [0, 0.05) is 49.0 Å². The van der Waals surface area contributed by atoms with E-state index in [4.69, 9.17) is 4.98 Å². The molecule has 1 aromatic carbocycles. The van der Waals surface area contributed by atoms with Crippen LogP contribution in [0.15, 0.2) is 36.7 Å². The van der Waals surface area contributed by atoms with Gasteiger partial charge in [-0.15, -0.1) is 0 Å². The van der Waals surface area contributed by atoms with Crippen molar-refractivity contribution in [1.82, 2.24) is 24.8 Å². The van der Waals surface area contributed by atoms with Crippen LogP contribution in [-0.4, -0.2) is 37.9 Å². The molecule has 0 radical (unpaired) electrons. The largest absolute Gasteiger partial charge is 0.361 e. The number of carbonyl (C=O) groups excluding carboxylic acids is 1. The zero-order valence-electron chi connectivity index (χ0n) is 15.6. The number of nitrogens with one attached hydrogen (secondary N) is 2. The molecule has 2 aromatic heterocycles. The number of rotatable bonds is 5. The maximum absolute atomic E-state index is 12.1. The van der Waals surface area contributed by atoms with E-state index in [1.807, 2.05) is 6.20 Å². The second-order valence-electron chi connectivity index (χ2n) is 7.80. The molecule has 1 aliphatic heterocycles. The van der Waals surface area contributed by atoms with Crippen molar-refractivity contribution >= 4 is 16.8 Å². The van der Waals surface area contributed by atoms with Gasteiger partial charge >= 0.3 is 0 Å². The van der Waals surface area contributed by atoms with Gasteiger partial charge in [-0.05, 0) is 37.5 Å². The first kappa shape index (κ1) is 16.6. The molecule has 2 N–H and O–H groups in total. The molecule has 27 heavy (non-hydrogen) atoms. The van der Waals surface area contributed by atoms with Crippen molar-refractivity contribution in [3.63, 3.8) is 0 Å². The van der Waals surface area contributed by atoms with E-state index in [2.05, 4.69) is 57.2 Å². The second-order valence-corrected chi connectivity index (χ2v) is 7.80. The minimum Gasteiger partial charge on any atom is -0.361 e. The van der Waals surface area contributed by atoms with Crippen LogP contribution in [0.1, 0.15) is 42.9 Å². The Morgan fingerprint density at radius 3 is 3.04 bits per heavy atom. The highest BCUT2D eigenvalue weighted by atomic mass is 16.1. The van der Waals surface area contributed by atoms with Crippen LogP contribution in [0.2, 0.25) is 0 Å². The molecule has 3 aromatic rings. The molecular formula is C21H25N5O. The second kappa shape index (κ2) is 6.53. The van der Waals surface area contributed by atoms with Gasteiger partial charge in [-0.1, -0.05) is 12.1 Å². The fraction of sp³-hybridized carbons (Fsp3) is 0.429. The highest BCUT2D eigenvalue weighted by Crippen LogP contribution is 2.28. The van der Waals surface area contributed by atoms with Crippen molar-refractivity contribution in [2.75, 3.05) is 6.54 Å². The first-order chi connectivity index (χ1) is 13.2. The van der Waals surface area contributed by atoms with E-state index in [9.17, 15) is 4.79 Å². The molecule has 140 valence electrons. The minimum absolute atomic E-state index is 0.0941. The summed E-state index contributed by atoms with van der Waals surface area (Å²) in [6.45, 7) is 5.02.